The van der Waals surface area contributed by atoms with Crippen molar-refractivity contribution in [3.05, 3.63) is 66.2 Å². The second kappa shape index (κ2) is 7.55. The van der Waals surface area contributed by atoms with Crippen LogP contribution in [-0.4, -0.2) is 21.3 Å². The van der Waals surface area contributed by atoms with Crippen LogP contribution in [0.2, 0.25) is 0 Å². The van der Waals surface area contributed by atoms with Gasteiger partial charge in [0.1, 0.15) is 11.5 Å². The Bertz CT molecular complexity index is 530. The van der Waals surface area contributed by atoms with E-state index in [1.165, 1.54) is 18.2 Å². The summed E-state index contributed by atoms with van der Waals surface area (Å²) < 4.78 is 0. The number of hydrogen-bond acceptors (Lipinski definition) is 3. The van der Waals surface area contributed by atoms with Crippen LogP contribution in [0.25, 0.3) is 6.08 Å². The van der Waals surface area contributed by atoms with Gasteiger partial charge in [0.25, 0.3) is 0 Å². The van der Waals surface area contributed by atoms with Crippen LogP contribution in [0.15, 0.2) is 60.7 Å². The lowest BCUT2D eigenvalue weighted by molar-refractivity contribution is -0.131. The first-order valence-electron chi connectivity index (χ1n) is 5.52. The predicted molar refractivity (Wildman–Crippen MR) is 72.9 cm³/mol. The predicted octanol–water partition coefficient (Wildman–Crippen LogP) is 2.88. The lowest BCUT2D eigenvalue weighted by Crippen LogP contribution is -1.85. The van der Waals surface area contributed by atoms with E-state index in [0.717, 1.165) is 11.6 Å². The number of phenolic OH excluding ortho intramolecular Hbond substituents is 2. The SMILES string of the molecule is O=C(O)C=Cc1ccc(O)cc1.Oc1ccccc1. The molecule has 0 radical (unpaired) electrons. The van der Waals surface area contributed by atoms with Gasteiger partial charge < -0.3 is 15.3 Å². The van der Waals surface area contributed by atoms with Gasteiger partial charge in [-0.1, -0.05) is 30.3 Å². The molecule has 0 saturated carbocycles. The second-order valence-electron chi connectivity index (χ2n) is 3.60. The van der Waals surface area contributed by atoms with E-state index in [1.54, 1.807) is 36.4 Å². The van der Waals surface area contributed by atoms with E-state index in [4.69, 9.17) is 15.3 Å². The maximum absolute atomic E-state index is 10.1. The summed E-state index contributed by atoms with van der Waals surface area (Å²) >= 11 is 0. The van der Waals surface area contributed by atoms with Crippen LogP contribution in [-0.2, 0) is 4.79 Å². The zero-order valence-electron chi connectivity index (χ0n) is 10.1. The molecule has 0 aliphatic rings. The minimum absolute atomic E-state index is 0.169. The summed E-state index contributed by atoms with van der Waals surface area (Å²) in [5.41, 5.74) is 0.746. The molecule has 2 rings (SSSR count). The van der Waals surface area contributed by atoms with Gasteiger partial charge in [-0.15, -0.1) is 0 Å². The molecule has 98 valence electrons. The molecular formula is C15H14O4. The molecule has 0 atom stereocenters. The normalized spacial score (nSPS) is 9.68. The van der Waals surface area contributed by atoms with Crippen LogP contribution >= 0.6 is 0 Å². The van der Waals surface area contributed by atoms with Crippen LogP contribution in [0.4, 0.5) is 0 Å². The Morgan fingerprint density at radius 3 is 1.79 bits per heavy atom. The molecule has 2 aromatic carbocycles. The summed E-state index contributed by atoms with van der Waals surface area (Å²) in [6, 6.07) is 15.0. The topological polar surface area (TPSA) is 77.8 Å². The van der Waals surface area contributed by atoms with Crippen molar-refractivity contribution in [1.82, 2.24) is 0 Å². The quantitative estimate of drug-likeness (QED) is 0.724. The number of hydrogen-bond donors (Lipinski definition) is 3. The van der Waals surface area contributed by atoms with Crippen LogP contribution < -0.4 is 0 Å². The lowest BCUT2D eigenvalue weighted by atomic mass is 10.2. The highest BCUT2D eigenvalue weighted by Gasteiger charge is 1.89. The van der Waals surface area contributed by atoms with Gasteiger partial charge in [-0.2, -0.15) is 0 Å². The van der Waals surface area contributed by atoms with Crippen molar-refractivity contribution in [2.45, 2.75) is 0 Å². The van der Waals surface area contributed by atoms with Crippen molar-refractivity contribution in [3.8, 4) is 11.5 Å². The lowest BCUT2D eigenvalue weighted by Gasteiger charge is -1.92. The molecule has 0 spiro atoms. The van der Waals surface area contributed by atoms with Crippen LogP contribution in [0.3, 0.4) is 0 Å². The van der Waals surface area contributed by atoms with E-state index in [2.05, 4.69) is 0 Å². The van der Waals surface area contributed by atoms with Gasteiger partial charge in [0.15, 0.2) is 0 Å². The maximum Gasteiger partial charge on any atom is 0.328 e. The summed E-state index contributed by atoms with van der Waals surface area (Å²) in [4.78, 5) is 10.1. The molecule has 0 amide bonds. The zero-order valence-corrected chi connectivity index (χ0v) is 10.1. The highest BCUT2D eigenvalue weighted by Crippen LogP contribution is 2.10. The molecule has 0 aromatic heterocycles. The molecule has 2 aromatic rings. The fourth-order valence-corrected chi connectivity index (χ4v) is 1.18. The molecule has 4 nitrogen and oxygen atoms in total. The molecule has 0 saturated heterocycles. The maximum atomic E-state index is 10.1. The van der Waals surface area contributed by atoms with Gasteiger partial charge in [0.2, 0.25) is 0 Å². The van der Waals surface area contributed by atoms with E-state index in [0.29, 0.717) is 5.75 Å². The average molecular weight is 258 g/mol. The number of benzene rings is 2. The van der Waals surface area contributed by atoms with Crippen molar-refractivity contribution < 1.29 is 20.1 Å². The largest absolute Gasteiger partial charge is 0.508 e. The zero-order chi connectivity index (χ0) is 14.1. The average Bonchev–Trinajstić information content (AvgIpc) is 2.40. The van der Waals surface area contributed by atoms with E-state index >= 15 is 0 Å². The molecule has 0 bridgehead atoms. The van der Waals surface area contributed by atoms with Crippen molar-refractivity contribution in [2.24, 2.45) is 0 Å². The van der Waals surface area contributed by atoms with Gasteiger partial charge in [-0.25, -0.2) is 4.79 Å². The second-order valence-corrected chi connectivity index (χ2v) is 3.60. The molecule has 0 unspecified atom stereocenters. The minimum Gasteiger partial charge on any atom is -0.508 e. The van der Waals surface area contributed by atoms with E-state index in [9.17, 15) is 4.79 Å². The van der Waals surface area contributed by atoms with Gasteiger partial charge in [-0.3, -0.25) is 0 Å². The molecule has 0 aliphatic heterocycles. The van der Waals surface area contributed by atoms with Crippen LogP contribution in [0.5, 0.6) is 11.5 Å². The molecule has 3 N–H and O–H groups in total. The van der Waals surface area contributed by atoms with Crippen molar-refractivity contribution in [1.29, 1.82) is 0 Å². The van der Waals surface area contributed by atoms with Crippen molar-refractivity contribution in [3.63, 3.8) is 0 Å². The summed E-state index contributed by atoms with van der Waals surface area (Å²) in [6.07, 6.45) is 2.51. The Hall–Kier alpha value is -2.75. The highest BCUT2D eigenvalue weighted by atomic mass is 16.4. The summed E-state index contributed by atoms with van der Waals surface area (Å²) in [7, 11) is 0. The number of para-hydroxylation sites is 1. The number of carbonyl (C=O) groups is 1. The Kier molecular flexibility index (Phi) is 5.69. The molecule has 19 heavy (non-hydrogen) atoms. The van der Waals surface area contributed by atoms with Gasteiger partial charge in [-0.05, 0) is 35.9 Å². The van der Waals surface area contributed by atoms with Gasteiger partial charge in [0.05, 0.1) is 0 Å². The van der Waals surface area contributed by atoms with Crippen molar-refractivity contribution >= 4 is 12.0 Å². The Balaban J connectivity index is 0.000000218. The Morgan fingerprint density at radius 1 is 0.842 bits per heavy atom. The molecular weight excluding hydrogens is 244 g/mol. The fourth-order valence-electron chi connectivity index (χ4n) is 1.18. The molecule has 0 aliphatic carbocycles. The first kappa shape index (κ1) is 14.3. The highest BCUT2D eigenvalue weighted by molar-refractivity contribution is 5.85. The fraction of sp³-hybridized carbons (Fsp3) is 0. The first-order chi connectivity index (χ1) is 9.08. The Labute approximate surface area is 110 Å². The molecule has 4 heteroatoms. The molecule has 0 fully saturated rings. The smallest absolute Gasteiger partial charge is 0.328 e. The summed E-state index contributed by atoms with van der Waals surface area (Å²) in [5, 5.41) is 25.8. The van der Waals surface area contributed by atoms with Crippen LogP contribution in [0.1, 0.15) is 5.56 Å². The summed E-state index contributed by atoms with van der Waals surface area (Å²) in [5.74, 6) is -0.493. The first-order valence-corrected chi connectivity index (χ1v) is 5.52. The third-order valence-corrected chi connectivity index (χ3v) is 2.07. The molecule has 0 heterocycles. The van der Waals surface area contributed by atoms with Crippen molar-refractivity contribution in [2.75, 3.05) is 0 Å². The third kappa shape index (κ3) is 6.53. The monoisotopic (exact) mass is 258 g/mol. The summed E-state index contributed by atoms with van der Waals surface area (Å²) in [6.45, 7) is 0. The third-order valence-electron chi connectivity index (χ3n) is 2.07. The van der Waals surface area contributed by atoms with Gasteiger partial charge in [0, 0.05) is 6.08 Å². The standard InChI is InChI=1S/C9H8O3.C6H6O/c10-8-4-1-7(2-5-8)3-6-9(11)12;7-6-4-2-1-3-5-6/h1-6,10H,(H,11,12);1-5,7H. The van der Waals surface area contributed by atoms with E-state index < -0.39 is 5.97 Å². The number of aromatic hydroxyl groups is 2. The number of rotatable bonds is 2. The Morgan fingerprint density at radius 2 is 1.37 bits per heavy atom. The van der Waals surface area contributed by atoms with Gasteiger partial charge >= 0.3 is 5.97 Å². The number of aliphatic carboxylic acids is 1. The number of carboxylic acids is 1. The number of carboxylic acid groups (broad SMARTS) is 1. The van der Waals surface area contributed by atoms with Crippen LogP contribution in [0, 0.1) is 0 Å². The number of phenols is 2. The minimum atomic E-state index is -0.983. The van der Waals surface area contributed by atoms with E-state index in [-0.39, 0.29) is 5.75 Å². The van der Waals surface area contributed by atoms with E-state index in [1.807, 2.05) is 6.07 Å².